The summed E-state index contributed by atoms with van der Waals surface area (Å²) >= 11 is 0. The molecule has 2 aliphatic rings. The molecule has 0 unspecified atom stereocenters. The van der Waals surface area contributed by atoms with Gasteiger partial charge in [0.25, 0.3) is 0 Å². The van der Waals surface area contributed by atoms with Crippen molar-refractivity contribution in [1.29, 1.82) is 0 Å². The van der Waals surface area contributed by atoms with Crippen molar-refractivity contribution in [2.75, 3.05) is 31.2 Å². The number of aliphatic imine (C=N–C) groups is 1. The number of halogens is 1. The number of aromatic nitrogens is 1. The highest BCUT2D eigenvalue weighted by Gasteiger charge is 2.39. The number of hydrogen-bond acceptors (Lipinski definition) is 5. The van der Waals surface area contributed by atoms with E-state index in [0.29, 0.717) is 29.7 Å². The molecule has 0 bridgehead atoms. The van der Waals surface area contributed by atoms with E-state index in [4.69, 9.17) is 9.47 Å². The van der Waals surface area contributed by atoms with Gasteiger partial charge >= 0.3 is 0 Å². The van der Waals surface area contributed by atoms with Crippen molar-refractivity contribution in [1.82, 2.24) is 4.98 Å². The molecule has 0 aliphatic carbocycles. The fraction of sp³-hybridized carbons (Fsp3) is 0.318. The molecular formula is C22H22FN3O3. The summed E-state index contributed by atoms with van der Waals surface area (Å²) < 4.78 is 25.1. The number of ether oxygens (including phenoxy) is 2. The molecule has 1 aromatic heterocycles. The Morgan fingerprint density at radius 1 is 1.07 bits per heavy atom. The van der Waals surface area contributed by atoms with Crippen molar-refractivity contribution in [3.63, 3.8) is 0 Å². The zero-order valence-corrected chi connectivity index (χ0v) is 15.9. The molecule has 6 nitrogen and oxygen atoms in total. The Balaban J connectivity index is 1.30. The summed E-state index contributed by atoms with van der Waals surface area (Å²) in [4.78, 5) is 9.60. The van der Waals surface area contributed by atoms with Gasteiger partial charge in [-0.1, -0.05) is 0 Å². The maximum Gasteiger partial charge on any atom is 0.198 e. The number of rotatable bonds is 3. The fourth-order valence-corrected chi connectivity index (χ4v) is 4.08. The van der Waals surface area contributed by atoms with E-state index in [0.717, 1.165) is 37.3 Å². The van der Waals surface area contributed by atoms with Gasteiger partial charge in [0.2, 0.25) is 0 Å². The van der Waals surface area contributed by atoms with E-state index >= 15 is 0 Å². The van der Waals surface area contributed by atoms with E-state index in [-0.39, 0.29) is 17.5 Å². The largest absolute Gasteiger partial charge is 0.494 e. The molecule has 0 amide bonds. The normalized spacial score (nSPS) is 19.0. The summed E-state index contributed by atoms with van der Waals surface area (Å²) in [6.45, 7) is 3.14. The Hall–Kier alpha value is -2.90. The van der Waals surface area contributed by atoms with E-state index in [9.17, 15) is 9.50 Å². The Labute approximate surface area is 167 Å². The van der Waals surface area contributed by atoms with E-state index in [1.807, 2.05) is 24.3 Å². The minimum Gasteiger partial charge on any atom is -0.494 e. The molecular weight excluding hydrogens is 373 g/mol. The molecule has 0 atom stereocenters. The first kappa shape index (κ1) is 18.1. The Bertz CT molecular complexity index is 1050. The van der Waals surface area contributed by atoms with Crippen LogP contribution >= 0.6 is 0 Å². The van der Waals surface area contributed by atoms with Crippen molar-refractivity contribution in [3.05, 3.63) is 53.8 Å². The van der Waals surface area contributed by atoms with Gasteiger partial charge in [0.15, 0.2) is 11.7 Å². The van der Waals surface area contributed by atoms with Crippen molar-refractivity contribution < 1.29 is 19.0 Å². The van der Waals surface area contributed by atoms with E-state index in [1.54, 1.807) is 12.3 Å². The first-order valence-corrected chi connectivity index (χ1v) is 9.79. The summed E-state index contributed by atoms with van der Waals surface area (Å²) in [6, 6.07) is 12.3. The van der Waals surface area contributed by atoms with Gasteiger partial charge in [0.1, 0.15) is 5.82 Å². The Morgan fingerprint density at radius 3 is 2.52 bits per heavy atom. The number of nitrogens with zero attached hydrogens (tertiary/aromatic N) is 2. The molecule has 2 aliphatic heterocycles. The third-order valence-corrected chi connectivity index (χ3v) is 5.68. The van der Waals surface area contributed by atoms with Crippen LogP contribution in [-0.4, -0.2) is 48.4 Å². The lowest BCUT2D eigenvalue weighted by Crippen LogP contribution is -2.45. The minimum atomic E-state index is -0.373. The number of aromatic amines is 1. The molecule has 3 heterocycles. The van der Waals surface area contributed by atoms with Crippen LogP contribution in [-0.2, 0) is 9.47 Å². The summed E-state index contributed by atoms with van der Waals surface area (Å²) in [7, 11) is 0. The van der Waals surface area contributed by atoms with Crippen LogP contribution in [0.3, 0.4) is 0 Å². The number of H-pyrrole nitrogens is 1. The highest BCUT2D eigenvalue weighted by Crippen LogP contribution is 2.33. The molecule has 2 aromatic carbocycles. The lowest BCUT2D eigenvalue weighted by Gasteiger charge is -2.38. The molecule has 7 heteroatoms. The molecule has 0 saturated carbocycles. The van der Waals surface area contributed by atoms with Crippen LogP contribution in [0.25, 0.3) is 10.9 Å². The lowest BCUT2D eigenvalue weighted by molar-refractivity contribution is -0.169. The number of anilines is 1. The predicted octanol–water partition coefficient (Wildman–Crippen LogP) is 4.11. The van der Waals surface area contributed by atoms with Crippen LogP contribution in [0.4, 0.5) is 15.8 Å². The zero-order valence-electron chi connectivity index (χ0n) is 15.9. The molecule has 2 N–H and O–H groups in total. The molecule has 5 rings (SSSR count). The number of hydrogen-bond donors (Lipinski definition) is 2. The second-order valence-corrected chi connectivity index (χ2v) is 7.45. The molecule has 29 heavy (non-hydrogen) atoms. The standard InChI is InChI=1S/C22H22FN3O3/c23-15-1-6-20-18(13-15)19(21(27)25-20)14-24-16-2-4-17(5-3-16)26-9-7-22(8-10-26)28-11-12-29-22/h1-6,13-14,25,27H,7-12H2. The van der Waals surface area contributed by atoms with Gasteiger partial charge in [0, 0.05) is 48.7 Å². The van der Waals surface area contributed by atoms with Gasteiger partial charge in [-0.3, -0.25) is 4.99 Å². The highest BCUT2D eigenvalue weighted by atomic mass is 19.1. The average Bonchev–Trinajstić information content (AvgIpc) is 3.31. The van der Waals surface area contributed by atoms with Gasteiger partial charge in [0.05, 0.1) is 24.5 Å². The van der Waals surface area contributed by atoms with Crippen molar-refractivity contribution in [2.45, 2.75) is 18.6 Å². The second kappa shape index (κ2) is 7.17. The Morgan fingerprint density at radius 2 is 1.79 bits per heavy atom. The number of nitrogens with one attached hydrogen (secondary N) is 1. The minimum absolute atomic E-state index is 0.0235. The Kier molecular flexibility index (Phi) is 4.49. The molecule has 1 spiro atoms. The number of aromatic hydroxyl groups is 1. The summed E-state index contributed by atoms with van der Waals surface area (Å²) in [5, 5.41) is 10.7. The molecule has 2 saturated heterocycles. The number of fused-ring (bicyclic) bond motifs is 1. The topological polar surface area (TPSA) is 70.1 Å². The predicted molar refractivity (Wildman–Crippen MR) is 110 cm³/mol. The average molecular weight is 395 g/mol. The van der Waals surface area contributed by atoms with Crippen molar-refractivity contribution >= 4 is 28.5 Å². The number of piperidine rings is 1. The monoisotopic (exact) mass is 395 g/mol. The van der Waals surface area contributed by atoms with Crippen LogP contribution in [0.2, 0.25) is 0 Å². The lowest BCUT2D eigenvalue weighted by atomic mass is 10.0. The van der Waals surface area contributed by atoms with Crippen molar-refractivity contribution in [3.8, 4) is 5.88 Å². The third-order valence-electron chi connectivity index (χ3n) is 5.68. The summed E-state index contributed by atoms with van der Waals surface area (Å²) in [6.07, 6.45) is 3.29. The molecule has 0 radical (unpaired) electrons. The SMILES string of the molecule is Oc1[nH]c2ccc(F)cc2c1C=Nc1ccc(N2CCC3(CC2)OCCO3)cc1. The van der Waals surface area contributed by atoms with Crippen LogP contribution in [0.1, 0.15) is 18.4 Å². The van der Waals surface area contributed by atoms with Crippen LogP contribution in [0.5, 0.6) is 5.88 Å². The van der Waals surface area contributed by atoms with Gasteiger partial charge < -0.3 is 24.5 Å². The molecule has 2 fully saturated rings. The second-order valence-electron chi connectivity index (χ2n) is 7.45. The maximum absolute atomic E-state index is 13.5. The molecule has 3 aromatic rings. The fourth-order valence-electron chi connectivity index (χ4n) is 4.08. The van der Waals surface area contributed by atoms with Crippen LogP contribution < -0.4 is 4.90 Å². The van der Waals surface area contributed by atoms with E-state index in [1.165, 1.54) is 12.1 Å². The zero-order chi connectivity index (χ0) is 19.8. The van der Waals surface area contributed by atoms with Crippen LogP contribution in [0, 0.1) is 5.82 Å². The van der Waals surface area contributed by atoms with E-state index in [2.05, 4.69) is 14.9 Å². The smallest absolute Gasteiger partial charge is 0.198 e. The first-order valence-electron chi connectivity index (χ1n) is 9.79. The third kappa shape index (κ3) is 3.47. The maximum atomic E-state index is 13.5. The van der Waals surface area contributed by atoms with Gasteiger partial charge in [-0.15, -0.1) is 0 Å². The quantitative estimate of drug-likeness (QED) is 0.655. The summed E-state index contributed by atoms with van der Waals surface area (Å²) in [5.41, 5.74) is 3.03. The van der Waals surface area contributed by atoms with Crippen molar-refractivity contribution in [2.24, 2.45) is 4.99 Å². The van der Waals surface area contributed by atoms with Gasteiger partial charge in [-0.2, -0.15) is 0 Å². The van der Waals surface area contributed by atoms with Gasteiger partial charge in [-0.25, -0.2) is 4.39 Å². The van der Waals surface area contributed by atoms with Gasteiger partial charge in [-0.05, 0) is 42.5 Å². The number of benzene rings is 2. The summed E-state index contributed by atoms with van der Waals surface area (Å²) in [5.74, 6) is -0.751. The highest BCUT2D eigenvalue weighted by molar-refractivity contribution is 6.02. The van der Waals surface area contributed by atoms with Crippen LogP contribution in [0.15, 0.2) is 47.5 Å². The van der Waals surface area contributed by atoms with E-state index < -0.39 is 0 Å². The first-order chi connectivity index (χ1) is 14.1. The molecule has 150 valence electrons.